The SMILES string of the molecule is CCOC(=O)/C(=C\NC1CC1)C(=O)c1cc(F)c(N2CCC(NC(C)=O)C2)nc1Cl. The third-order valence-corrected chi connectivity index (χ3v) is 5.12. The first-order valence-corrected chi connectivity index (χ1v) is 10.2. The van der Waals surface area contributed by atoms with E-state index in [0.29, 0.717) is 19.5 Å². The number of ketones is 1. The standard InChI is InChI=1S/C20H24ClFN4O4/c1-3-30-20(29)15(9-23-12-4-5-12)17(28)14-8-16(22)19(25-18(14)21)26-7-6-13(10-26)24-11(2)27/h8-9,12-13,23H,3-7,10H2,1-2H3,(H,24,27)/b15-9-. The summed E-state index contributed by atoms with van der Waals surface area (Å²) in [5.74, 6) is -2.46. The molecular weight excluding hydrogens is 415 g/mol. The quantitative estimate of drug-likeness (QED) is 0.160. The van der Waals surface area contributed by atoms with Gasteiger partial charge in [0, 0.05) is 38.3 Å². The number of anilines is 1. The molecule has 2 aliphatic rings. The summed E-state index contributed by atoms with van der Waals surface area (Å²) in [6.07, 6.45) is 3.84. The van der Waals surface area contributed by atoms with Crippen molar-refractivity contribution < 1.29 is 23.5 Å². The molecule has 0 bridgehead atoms. The molecule has 2 heterocycles. The van der Waals surface area contributed by atoms with E-state index in [1.54, 1.807) is 11.8 Å². The summed E-state index contributed by atoms with van der Waals surface area (Å²) in [6.45, 7) is 4.01. The van der Waals surface area contributed by atoms with Crippen molar-refractivity contribution in [2.75, 3.05) is 24.6 Å². The topological polar surface area (TPSA) is 101 Å². The number of rotatable bonds is 8. The van der Waals surface area contributed by atoms with Gasteiger partial charge in [0.2, 0.25) is 11.7 Å². The number of carbonyl (C=O) groups is 3. The van der Waals surface area contributed by atoms with E-state index in [9.17, 15) is 18.8 Å². The smallest absolute Gasteiger partial charge is 0.343 e. The lowest BCUT2D eigenvalue weighted by Gasteiger charge is -2.19. The van der Waals surface area contributed by atoms with Crippen LogP contribution >= 0.6 is 11.6 Å². The number of esters is 1. The molecule has 1 aromatic rings. The van der Waals surface area contributed by atoms with Crippen LogP contribution in [-0.4, -0.2) is 54.4 Å². The van der Waals surface area contributed by atoms with Gasteiger partial charge in [-0.25, -0.2) is 14.2 Å². The Hall–Kier alpha value is -2.68. The zero-order valence-corrected chi connectivity index (χ0v) is 17.6. The van der Waals surface area contributed by atoms with Gasteiger partial charge in [-0.15, -0.1) is 0 Å². The van der Waals surface area contributed by atoms with Crippen molar-refractivity contribution in [2.45, 2.75) is 45.2 Å². The highest BCUT2D eigenvalue weighted by Crippen LogP contribution is 2.28. The number of nitrogens with one attached hydrogen (secondary N) is 2. The van der Waals surface area contributed by atoms with Crippen molar-refractivity contribution in [1.82, 2.24) is 15.6 Å². The highest BCUT2D eigenvalue weighted by molar-refractivity contribution is 6.36. The van der Waals surface area contributed by atoms with E-state index < -0.39 is 17.6 Å². The van der Waals surface area contributed by atoms with Crippen molar-refractivity contribution in [3.8, 4) is 0 Å². The summed E-state index contributed by atoms with van der Waals surface area (Å²) < 4.78 is 19.8. The number of hydrogen-bond acceptors (Lipinski definition) is 7. The van der Waals surface area contributed by atoms with Crippen LogP contribution in [0.5, 0.6) is 0 Å². The van der Waals surface area contributed by atoms with Crippen LogP contribution in [0.4, 0.5) is 10.2 Å². The van der Waals surface area contributed by atoms with Gasteiger partial charge in [0.25, 0.3) is 0 Å². The van der Waals surface area contributed by atoms with E-state index in [2.05, 4.69) is 15.6 Å². The maximum Gasteiger partial charge on any atom is 0.343 e. The molecule has 10 heteroatoms. The summed E-state index contributed by atoms with van der Waals surface area (Å²) in [6, 6.07) is 1.08. The van der Waals surface area contributed by atoms with Gasteiger partial charge in [0.05, 0.1) is 12.2 Å². The van der Waals surface area contributed by atoms with Gasteiger partial charge in [-0.05, 0) is 32.3 Å². The third-order valence-electron chi connectivity index (χ3n) is 4.83. The van der Waals surface area contributed by atoms with Gasteiger partial charge in [0.1, 0.15) is 10.7 Å². The number of nitrogens with zero attached hydrogens (tertiary/aromatic N) is 2. The zero-order chi connectivity index (χ0) is 21.8. The number of hydrogen-bond donors (Lipinski definition) is 2. The summed E-state index contributed by atoms with van der Waals surface area (Å²) >= 11 is 6.20. The maximum absolute atomic E-state index is 14.8. The predicted molar refractivity (Wildman–Crippen MR) is 109 cm³/mol. The second-order valence-corrected chi connectivity index (χ2v) is 7.67. The zero-order valence-electron chi connectivity index (χ0n) is 16.8. The second-order valence-electron chi connectivity index (χ2n) is 7.31. The average molecular weight is 439 g/mol. The highest BCUT2D eigenvalue weighted by Gasteiger charge is 2.30. The molecule has 1 unspecified atom stereocenters. The summed E-state index contributed by atoms with van der Waals surface area (Å²) in [5.41, 5.74) is -0.473. The Labute approximate surface area is 178 Å². The van der Waals surface area contributed by atoms with Crippen molar-refractivity contribution in [3.63, 3.8) is 0 Å². The van der Waals surface area contributed by atoms with E-state index in [-0.39, 0.29) is 46.7 Å². The highest BCUT2D eigenvalue weighted by atomic mass is 35.5. The Morgan fingerprint density at radius 1 is 1.33 bits per heavy atom. The number of Topliss-reactive ketones (excluding diaryl/α,β-unsaturated/α-hetero) is 1. The number of pyridine rings is 1. The molecule has 1 atom stereocenters. The molecule has 1 aliphatic carbocycles. The normalized spacial score (nSPS) is 18.9. The van der Waals surface area contributed by atoms with Crippen molar-refractivity contribution in [3.05, 3.63) is 34.4 Å². The lowest BCUT2D eigenvalue weighted by Crippen LogP contribution is -2.36. The molecule has 1 saturated heterocycles. The molecule has 2 fully saturated rings. The summed E-state index contributed by atoms with van der Waals surface area (Å²) in [4.78, 5) is 42.1. The predicted octanol–water partition coefficient (Wildman–Crippen LogP) is 1.97. The average Bonchev–Trinajstić information content (AvgIpc) is 3.40. The van der Waals surface area contributed by atoms with Crippen LogP contribution in [0.3, 0.4) is 0 Å². The molecule has 0 spiro atoms. The molecule has 1 aliphatic heterocycles. The first-order valence-electron chi connectivity index (χ1n) is 9.86. The molecule has 0 radical (unpaired) electrons. The van der Waals surface area contributed by atoms with Gasteiger partial charge >= 0.3 is 5.97 Å². The largest absolute Gasteiger partial charge is 0.462 e. The monoisotopic (exact) mass is 438 g/mol. The molecule has 0 aromatic carbocycles. The van der Waals surface area contributed by atoms with Crippen LogP contribution < -0.4 is 15.5 Å². The Bertz CT molecular complexity index is 888. The van der Waals surface area contributed by atoms with Gasteiger partial charge in [0.15, 0.2) is 11.6 Å². The number of halogens is 2. The van der Waals surface area contributed by atoms with E-state index in [1.165, 1.54) is 13.1 Å². The van der Waals surface area contributed by atoms with Crippen LogP contribution in [0.1, 0.15) is 43.5 Å². The number of carbonyl (C=O) groups excluding carboxylic acids is 3. The summed E-state index contributed by atoms with van der Waals surface area (Å²) in [5, 5.41) is 5.56. The van der Waals surface area contributed by atoms with Gasteiger partial charge in [-0.3, -0.25) is 9.59 Å². The van der Waals surface area contributed by atoms with Crippen molar-refractivity contribution in [2.24, 2.45) is 0 Å². The minimum absolute atomic E-state index is 0.00201. The Morgan fingerprint density at radius 2 is 2.07 bits per heavy atom. The molecule has 30 heavy (non-hydrogen) atoms. The van der Waals surface area contributed by atoms with Gasteiger partial charge in [-0.2, -0.15) is 0 Å². The first-order chi connectivity index (χ1) is 14.3. The van der Waals surface area contributed by atoms with Crippen LogP contribution in [0.25, 0.3) is 0 Å². The number of amides is 1. The van der Waals surface area contributed by atoms with E-state index in [4.69, 9.17) is 16.3 Å². The summed E-state index contributed by atoms with van der Waals surface area (Å²) in [7, 11) is 0. The minimum atomic E-state index is -0.811. The van der Waals surface area contributed by atoms with E-state index in [0.717, 1.165) is 18.9 Å². The molecule has 8 nitrogen and oxygen atoms in total. The number of aromatic nitrogens is 1. The van der Waals surface area contributed by atoms with Crippen molar-refractivity contribution in [1.29, 1.82) is 0 Å². The molecule has 1 saturated carbocycles. The Kier molecular flexibility index (Phi) is 6.91. The van der Waals surface area contributed by atoms with E-state index >= 15 is 0 Å². The van der Waals surface area contributed by atoms with Crippen LogP contribution in [-0.2, 0) is 14.3 Å². The molecule has 1 aromatic heterocycles. The molecular formula is C20H24ClFN4O4. The fourth-order valence-corrected chi connectivity index (χ4v) is 3.44. The molecule has 1 amide bonds. The fraction of sp³-hybridized carbons (Fsp3) is 0.500. The van der Waals surface area contributed by atoms with Crippen LogP contribution in [0, 0.1) is 5.82 Å². The second kappa shape index (κ2) is 9.42. The Balaban J connectivity index is 1.82. The molecule has 3 rings (SSSR count). The minimum Gasteiger partial charge on any atom is -0.462 e. The van der Waals surface area contributed by atoms with Crippen LogP contribution in [0.2, 0.25) is 5.15 Å². The van der Waals surface area contributed by atoms with Gasteiger partial charge in [-0.1, -0.05) is 11.6 Å². The van der Waals surface area contributed by atoms with Gasteiger partial charge < -0.3 is 20.3 Å². The third kappa shape index (κ3) is 5.27. The maximum atomic E-state index is 14.8. The molecule has 162 valence electrons. The molecule has 2 N–H and O–H groups in total. The number of ether oxygens (including phenoxy) is 1. The van der Waals surface area contributed by atoms with E-state index in [1.807, 2.05) is 0 Å². The Morgan fingerprint density at radius 3 is 2.70 bits per heavy atom. The fourth-order valence-electron chi connectivity index (χ4n) is 3.22. The lowest BCUT2D eigenvalue weighted by molar-refractivity contribution is -0.138. The van der Waals surface area contributed by atoms with Crippen LogP contribution in [0.15, 0.2) is 17.8 Å². The lowest BCUT2D eigenvalue weighted by atomic mass is 10.1. The first kappa shape index (κ1) is 22.0. The van der Waals surface area contributed by atoms with Crippen molar-refractivity contribution >= 4 is 35.1 Å².